The van der Waals surface area contributed by atoms with Crippen LogP contribution in [-0.2, 0) is 9.53 Å². The smallest absolute Gasteiger partial charge is 0.337 e. The molecule has 19 heavy (non-hydrogen) atoms. The number of benzene rings is 1. The molecular weight excluding hydrogens is 244 g/mol. The number of hydrogen-bond acceptors (Lipinski definition) is 4. The number of carbonyl (C=O) groups is 2. The molecule has 1 aliphatic rings. The van der Waals surface area contributed by atoms with Crippen molar-refractivity contribution < 1.29 is 14.3 Å². The quantitative estimate of drug-likeness (QED) is 0.634. The highest BCUT2D eigenvalue weighted by atomic mass is 16.5. The van der Waals surface area contributed by atoms with E-state index in [2.05, 4.69) is 10.1 Å². The monoisotopic (exact) mass is 260 g/mol. The number of hydrogen-bond donors (Lipinski definition) is 2. The van der Waals surface area contributed by atoms with Gasteiger partial charge in [0.2, 0.25) is 5.91 Å². The number of nitrogens with two attached hydrogens (primary N) is 1. The van der Waals surface area contributed by atoms with Crippen LogP contribution in [-0.4, -0.2) is 25.0 Å². The zero-order valence-electron chi connectivity index (χ0n) is 10.6. The molecule has 1 aliphatic carbocycles. The van der Waals surface area contributed by atoms with E-state index >= 15 is 0 Å². The van der Waals surface area contributed by atoms with E-state index in [1.165, 1.54) is 7.11 Å². The van der Waals surface area contributed by atoms with Gasteiger partial charge >= 0.3 is 5.97 Å². The molecule has 0 aromatic heterocycles. The summed E-state index contributed by atoms with van der Waals surface area (Å²) in [6, 6.07) is 6.51. The number of anilines is 1. The van der Waals surface area contributed by atoms with E-state index in [1.807, 2.05) is 12.2 Å². The SMILES string of the molecule is COC(=O)c1ccc(NC(=O)C2C=CC(N)C2)cc1. The van der Waals surface area contributed by atoms with Crippen LogP contribution in [0.1, 0.15) is 16.8 Å². The van der Waals surface area contributed by atoms with Gasteiger partial charge in [-0.1, -0.05) is 12.2 Å². The molecule has 1 aromatic rings. The van der Waals surface area contributed by atoms with Crippen LogP contribution in [0, 0.1) is 5.92 Å². The Bertz CT molecular complexity index is 508. The van der Waals surface area contributed by atoms with Crippen molar-refractivity contribution in [2.24, 2.45) is 11.7 Å². The average Bonchev–Trinajstić information content (AvgIpc) is 2.85. The van der Waals surface area contributed by atoms with Gasteiger partial charge in [0.15, 0.2) is 0 Å². The summed E-state index contributed by atoms with van der Waals surface area (Å²) in [5, 5.41) is 2.79. The summed E-state index contributed by atoms with van der Waals surface area (Å²) in [6.45, 7) is 0. The van der Waals surface area contributed by atoms with E-state index in [4.69, 9.17) is 5.73 Å². The first-order valence-electron chi connectivity index (χ1n) is 6.03. The van der Waals surface area contributed by atoms with Gasteiger partial charge in [-0.15, -0.1) is 0 Å². The van der Waals surface area contributed by atoms with Crippen molar-refractivity contribution in [3.8, 4) is 0 Å². The van der Waals surface area contributed by atoms with Gasteiger partial charge in [-0.25, -0.2) is 4.79 Å². The highest BCUT2D eigenvalue weighted by Gasteiger charge is 2.22. The summed E-state index contributed by atoms with van der Waals surface area (Å²) in [4.78, 5) is 23.2. The van der Waals surface area contributed by atoms with Crippen molar-refractivity contribution in [1.82, 2.24) is 0 Å². The van der Waals surface area contributed by atoms with Crippen molar-refractivity contribution in [2.75, 3.05) is 12.4 Å². The number of ether oxygens (including phenoxy) is 1. The van der Waals surface area contributed by atoms with Gasteiger partial charge in [-0.3, -0.25) is 4.79 Å². The number of rotatable bonds is 3. The number of esters is 1. The van der Waals surface area contributed by atoms with Crippen LogP contribution >= 0.6 is 0 Å². The van der Waals surface area contributed by atoms with Crippen LogP contribution in [0.3, 0.4) is 0 Å². The molecule has 2 rings (SSSR count). The van der Waals surface area contributed by atoms with Crippen molar-refractivity contribution in [3.05, 3.63) is 42.0 Å². The minimum Gasteiger partial charge on any atom is -0.465 e. The molecule has 1 amide bonds. The minimum atomic E-state index is -0.400. The lowest BCUT2D eigenvalue weighted by Crippen LogP contribution is -2.23. The van der Waals surface area contributed by atoms with Gasteiger partial charge in [-0.2, -0.15) is 0 Å². The van der Waals surface area contributed by atoms with E-state index in [0.717, 1.165) is 0 Å². The first-order valence-corrected chi connectivity index (χ1v) is 6.03. The second-order valence-electron chi connectivity index (χ2n) is 4.45. The zero-order chi connectivity index (χ0) is 13.8. The third-order valence-electron chi connectivity index (χ3n) is 3.03. The van der Waals surface area contributed by atoms with Crippen LogP contribution in [0.4, 0.5) is 5.69 Å². The topological polar surface area (TPSA) is 81.4 Å². The first-order chi connectivity index (χ1) is 9.10. The Kier molecular flexibility index (Phi) is 3.97. The van der Waals surface area contributed by atoms with Crippen LogP contribution in [0.15, 0.2) is 36.4 Å². The molecule has 0 fully saturated rings. The van der Waals surface area contributed by atoms with Crippen molar-refractivity contribution in [2.45, 2.75) is 12.5 Å². The predicted molar refractivity (Wildman–Crippen MR) is 71.6 cm³/mol. The third kappa shape index (κ3) is 3.20. The largest absolute Gasteiger partial charge is 0.465 e. The van der Waals surface area contributed by atoms with E-state index < -0.39 is 5.97 Å². The highest BCUT2D eigenvalue weighted by Crippen LogP contribution is 2.19. The number of carbonyl (C=O) groups excluding carboxylic acids is 2. The molecule has 0 saturated heterocycles. The Morgan fingerprint density at radius 1 is 1.26 bits per heavy atom. The maximum absolute atomic E-state index is 11.9. The summed E-state index contributed by atoms with van der Waals surface area (Å²) in [5.41, 5.74) is 6.80. The fourth-order valence-corrected chi connectivity index (χ4v) is 1.96. The Hall–Kier alpha value is -2.14. The van der Waals surface area contributed by atoms with E-state index in [0.29, 0.717) is 17.7 Å². The van der Waals surface area contributed by atoms with E-state index in [-0.39, 0.29) is 17.9 Å². The molecule has 0 saturated carbocycles. The number of methoxy groups -OCH3 is 1. The van der Waals surface area contributed by atoms with E-state index in [1.54, 1.807) is 24.3 Å². The number of amides is 1. The van der Waals surface area contributed by atoms with Gasteiger partial charge in [0.25, 0.3) is 0 Å². The van der Waals surface area contributed by atoms with Crippen molar-refractivity contribution in [3.63, 3.8) is 0 Å². The average molecular weight is 260 g/mol. The molecule has 1 aromatic carbocycles. The molecule has 2 unspecified atom stereocenters. The minimum absolute atomic E-state index is 0.0440. The van der Waals surface area contributed by atoms with Crippen molar-refractivity contribution in [1.29, 1.82) is 0 Å². The van der Waals surface area contributed by atoms with Crippen LogP contribution in [0.25, 0.3) is 0 Å². The zero-order valence-corrected chi connectivity index (χ0v) is 10.6. The molecule has 0 aliphatic heterocycles. The standard InChI is InChI=1S/C14H16N2O3/c1-19-14(18)9-3-6-12(7-4-9)16-13(17)10-2-5-11(15)8-10/h2-7,10-11H,8,15H2,1H3,(H,16,17). The van der Waals surface area contributed by atoms with Crippen LogP contribution < -0.4 is 11.1 Å². The lowest BCUT2D eigenvalue weighted by atomic mass is 10.1. The van der Waals surface area contributed by atoms with Gasteiger partial charge in [0, 0.05) is 11.7 Å². The summed E-state index contributed by atoms with van der Waals surface area (Å²) in [5.74, 6) is -0.673. The molecule has 5 heteroatoms. The number of nitrogens with one attached hydrogen (secondary N) is 1. The Balaban J connectivity index is 1.98. The fraction of sp³-hybridized carbons (Fsp3) is 0.286. The van der Waals surface area contributed by atoms with Gasteiger partial charge < -0.3 is 15.8 Å². The van der Waals surface area contributed by atoms with E-state index in [9.17, 15) is 9.59 Å². The lowest BCUT2D eigenvalue weighted by molar-refractivity contribution is -0.118. The van der Waals surface area contributed by atoms with Gasteiger partial charge in [0.1, 0.15) is 0 Å². The molecule has 0 heterocycles. The van der Waals surface area contributed by atoms with Gasteiger partial charge in [-0.05, 0) is 30.7 Å². The summed E-state index contributed by atoms with van der Waals surface area (Å²) >= 11 is 0. The molecule has 3 N–H and O–H groups in total. The lowest BCUT2D eigenvalue weighted by Gasteiger charge is -2.10. The molecule has 5 nitrogen and oxygen atoms in total. The maximum Gasteiger partial charge on any atom is 0.337 e. The van der Waals surface area contributed by atoms with Crippen LogP contribution in [0.5, 0.6) is 0 Å². The molecule has 0 bridgehead atoms. The third-order valence-corrected chi connectivity index (χ3v) is 3.03. The first kappa shape index (κ1) is 13.3. The van der Waals surface area contributed by atoms with Crippen LogP contribution in [0.2, 0.25) is 0 Å². The Labute approximate surface area is 111 Å². The molecule has 2 atom stereocenters. The van der Waals surface area contributed by atoms with Crippen molar-refractivity contribution >= 4 is 17.6 Å². The predicted octanol–water partition coefficient (Wildman–Crippen LogP) is 1.32. The second kappa shape index (κ2) is 5.67. The molecule has 0 radical (unpaired) electrons. The summed E-state index contributed by atoms with van der Waals surface area (Å²) in [6.07, 6.45) is 4.29. The summed E-state index contributed by atoms with van der Waals surface area (Å²) in [7, 11) is 1.33. The molecular formula is C14H16N2O3. The molecule has 0 spiro atoms. The Morgan fingerprint density at radius 3 is 2.47 bits per heavy atom. The summed E-state index contributed by atoms with van der Waals surface area (Å²) < 4.78 is 4.60. The van der Waals surface area contributed by atoms with Gasteiger partial charge in [0.05, 0.1) is 18.6 Å². The highest BCUT2D eigenvalue weighted by molar-refractivity contribution is 5.95. The second-order valence-corrected chi connectivity index (χ2v) is 4.45. The Morgan fingerprint density at radius 2 is 1.95 bits per heavy atom. The maximum atomic E-state index is 11.9. The molecule has 100 valence electrons. The fourth-order valence-electron chi connectivity index (χ4n) is 1.96. The normalized spacial score (nSPS) is 21.2.